The number of nitrogens with one attached hydrogen (secondary N) is 1. The summed E-state index contributed by atoms with van der Waals surface area (Å²) in [6, 6.07) is 9.35. The van der Waals surface area contributed by atoms with Crippen molar-refractivity contribution in [2.45, 2.75) is 0 Å². The van der Waals surface area contributed by atoms with E-state index in [1.165, 1.54) is 47.4 Å². The molecule has 0 unspecified atom stereocenters. The maximum atomic E-state index is 12.9. The predicted molar refractivity (Wildman–Crippen MR) is 105 cm³/mol. The average Bonchev–Trinajstić information content (AvgIpc) is 2.69. The van der Waals surface area contributed by atoms with Crippen LogP contribution in [-0.4, -0.2) is 59.3 Å². The maximum Gasteiger partial charge on any atom is 0.282 e. The molecule has 0 spiro atoms. The highest BCUT2D eigenvalue weighted by Crippen LogP contribution is 2.24. The van der Waals surface area contributed by atoms with Crippen molar-refractivity contribution in [2.75, 3.05) is 38.0 Å². The molecule has 2 aromatic rings. The summed E-state index contributed by atoms with van der Waals surface area (Å²) in [7, 11) is 0. The summed E-state index contributed by atoms with van der Waals surface area (Å²) in [4.78, 5) is 38.8. The number of piperazine rings is 1. The summed E-state index contributed by atoms with van der Waals surface area (Å²) in [5, 5.41) is 14.1. The number of hydrogen-bond donors (Lipinski definition) is 1. The molecule has 8 nitrogen and oxygen atoms in total. The molecule has 2 aromatic carbocycles. The highest BCUT2D eigenvalue weighted by Gasteiger charge is 2.28. The van der Waals surface area contributed by atoms with Gasteiger partial charge in [0.25, 0.3) is 11.6 Å². The van der Waals surface area contributed by atoms with E-state index < -0.39 is 10.8 Å². The smallest absolute Gasteiger partial charge is 0.282 e. The summed E-state index contributed by atoms with van der Waals surface area (Å²) in [5.41, 5.74) is 0.156. The second-order valence-electron chi connectivity index (χ2n) is 6.54. The topological polar surface area (TPSA) is 95.8 Å². The molecule has 0 atom stereocenters. The summed E-state index contributed by atoms with van der Waals surface area (Å²) < 4.78 is 12.9. The fourth-order valence-electron chi connectivity index (χ4n) is 3.06. The Balaban J connectivity index is 1.56. The second-order valence-corrected chi connectivity index (χ2v) is 6.98. The van der Waals surface area contributed by atoms with Crippen molar-refractivity contribution in [3.8, 4) is 0 Å². The zero-order valence-corrected chi connectivity index (χ0v) is 16.1. The predicted octanol–water partition coefficient (Wildman–Crippen LogP) is 2.78. The number of halogens is 2. The Labute approximate surface area is 171 Å². The molecule has 0 bridgehead atoms. The van der Waals surface area contributed by atoms with Crippen LogP contribution in [0.3, 0.4) is 0 Å². The third-order valence-corrected chi connectivity index (χ3v) is 4.78. The Hall–Kier alpha value is -3.04. The van der Waals surface area contributed by atoms with Crippen molar-refractivity contribution in [3.63, 3.8) is 0 Å². The zero-order valence-electron chi connectivity index (χ0n) is 15.3. The molecule has 1 aliphatic heterocycles. The summed E-state index contributed by atoms with van der Waals surface area (Å²) >= 11 is 5.89. The van der Waals surface area contributed by atoms with Gasteiger partial charge in [0.15, 0.2) is 0 Å². The third kappa shape index (κ3) is 5.27. The van der Waals surface area contributed by atoms with E-state index in [2.05, 4.69) is 5.32 Å². The van der Waals surface area contributed by atoms with E-state index in [-0.39, 0.29) is 34.5 Å². The molecule has 1 saturated heterocycles. The molecule has 0 aliphatic carbocycles. The van der Waals surface area contributed by atoms with Crippen LogP contribution in [-0.2, 0) is 4.79 Å². The Morgan fingerprint density at radius 1 is 1.10 bits per heavy atom. The fraction of sp³-hybridized carbons (Fsp3) is 0.263. The van der Waals surface area contributed by atoms with Gasteiger partial charge in [-0.05, 0) is 36.4 Å². The number of amides is 2. The number of benzene rings is 2. The molecule has 1 aliphatic rings. The number of nitrogens with zero attached hydrogens (tertiary/aromatic N) is 3. The molecular formula is C19H18ClFN4O4. The van der Waals surface area contributed by atoms with Crippen molar-refractivity contribution < 1.29 is 18.9 Å². The Kier molecular flexibility index (Phi) is 6.40. The van der Waals surface area contributed by atoms with Gasteiger partial charge < -0.3 is 10.2 Å². The van der Waals surface area contributed by atoms with Gasteiger partial charge in [-0.2, -0.15) is 0 Å². The molecule has 0 aromatic heterocycles. The van der Waals surface area contributed by atoms with Gasteiger partial charge in [-0.15, -0.1) is 0 Å². The van der Waals surface area contributed by atoms with E-state index in [1.54, 1.807) is 0 Å². The first-order chi connectivity index (χ1) is 13.8. The van der Waals surface area contributed by atoms with Crippen molar-refractivity contribution in [1.82, 2.24) is 9.80 Å². The molecule has 0 radical (unpaired) electrons. The summed E-state index contributed by atoms with van der Waals surface area (Å²) in [6.07, 6.45) is 0. The van der Waals surface area contributed by atoms with Gasteiger partial charge in [-0.1, -0.05) is 11.6 Å². The monoisotopic (exact) mass is 420 g/mol. The quantitative estimate of drug-likeness (QED) is 0.592. The minimum Gasteiger partial charge on any atom is -0.336 e. The molecule has 1 fully saturated rings. The number of nitro benzene ring substituents is 1. The highest BCUT2D eigenvalue weighted by molar-refractivity contribution is 6.31. The van der Waals surface area contributed by atoms with Crippen molar-refractivity contribution in [3.05, 3.63) is 69.0 Å². The van der Waals surface area contributed by atoms with Crippen LogP contribution in [0.4, 0.5) is 15.8 Å². The van der Waals surface area contributed by atoms with Crippen LogP contribution >= 0.6 is 11.6 Å². The van der Waals surface area contributed by atoms with Crippen LogP contribution in [0, 0.1) is 15.9 Å². The first kappa shape index (κ1) is 20.7. The Bertz CT molecular complexity index is 930. The van der Waals surface area contributed by atoms with Gasteiger partial charge in [0.05, 0.1) is 11.5 Å². The van der Waals surface area contributed by atoms with E-state index in [4.69, 9.17) is 11.6 Å². The molecule has 3 rings (SSSR count). The van der Waals surface area contributed by atoms with E-state index in [9.17, 15) is 24.1 Å². The molecule has 1 N–H and O–H groups in total. The molecule has 1 heterocycles. The molecule has 29 heavy (non-hydrogen) atoms. The number of nitro groups is 1. The van der Waals surface area contributed by atoms with Gasteiger partial charge in [-0.25, -0.2) is 4.39 Å². The van der Waals surface area contributed by atoms with Gasteiger partial charge in [0, 0.05) is 43.0 Å². The lowest BCUT2D eigenvalue weighted by atomic mass is 10.1. The van der Waals surface area contributed by atoms with Crippen LogP contribution < -0.4 is 5.32 Å². The lowest BCUT2D eigenvalue weighted by molar-refractivity contribution is -0.385. The van der Waals surface area contributed by atoms with Gasteiger partial charge >= 0.3 is 0 Å². The highest BCUT2D eigenvalue weighted by atomic mass is 35.5. The largest absolute Gasteiger partial charge is 0.336 e. The number of anilines is 1. The Morgan fingerprint density at radius 2 is 1.76 bits per heavy atom. The fourth-order valence-corrected chi connectivity index (χ4v) is 3.23. The third-order valence-electron chi connectivity index (χ3n) is 4.54. The first-order valence-electron chi connectivity index (χ1n) is 8.84. The van der Waals surface area contributed by atoms with Crippen molar-refractivity contribution in [1.29, 1.82) is 0 Å². The number of hydrogen-bond acceptors (Lipinski definition) is 5. The van der Waals surface area contributed by atoms with Crippen molar-refractivity contribution >= 4 is 34.8 Å². The minimum atomic E-state index is -0.612. The SMILES string of the molecule is O=C(CN1CCN(C(=O)c2cc(Cl)ccc2[N+](=O)[O-])CC1)Nc1ccc(F)cc1. The average molecular weight is 421 g/mol. The summed E-state index contributed by atoms with van der Waals surface area (Å²) in [6.45, 7) is 1.66. The van der Waals surface area contributed by atoms with Crippen LogP contribution in [0.2, 0.25) is 5.02 Å². The van der Waals surface area contributed by atoms with Crippen molar-refractivity contribution in [2.24, 2.45) is 0 Å². The lowest BCUT2D eigenvalue weighted by Crippen LogP contribution is -2.50. The lowest BCUT2D eigenvalue weighted by Gasteiger charge is -2.34. The molecular weight excluding hydrogens is 403 g/mol. The number of rotatable bonds is 5. The zero-order chi connectivity index (χ0) is 21.0. The standard InChI is InChI=1S/C19H18ClFN4O4/c20-13-1-6-17(25(28)29)16(11-13)19(27)24-9-7-23(8-10-24)12-18(26)22-15-4-2-14(21)3-5-15/h1-6,11H,7-10,12H2,(H,22,26). The number of carbonyl (C=O) groups is 2. The first-order valence-corrected chi connectivity index (χ1v) is 9.22. The normalized spacial score (nSPS) is 14.5. The second kappa shape index (κ2) is 8.97. The summed E-state index contributed by atoms with van der Waals surface area (Å²) in [5.74, 6) is -1.10. The van der Waals surface area contributed by atoms with Crippen LogP contribution in [0.15, 0.2) is 42.5 Å². The van der Waals surface area contributed by atoms with Crippen LogP contribution in [0.25, 0.3) is 0 Å². The maximum absolute atomic E-state index is 12.9. The van der Waals surface area contributed by atoms with Crippen LogP contribution in [0.5, 0.6) is 0 Å². The molecule has 152 valence electrons. The van der Waals surface area contributed by atoms with E-state index in [0.29, 0.717) is 31.9 Å². The molecule has 2 amide bonds. The van der Waals surface area contributed by atoms with Gasteiger partial charge in [0.1, 0.15) is 11.4 Å². The van der Waals surface area contributed by atoms with Gasteiger partial charge in [-0.3, -0.25) is 24.6 Å². The molecule has 0 saturated carbocycles. The number of carbonyl (C=O) groups excluding carboxylic acids is 2. The van der Waals surface area contributed by atoms with E-state index >= 15 is 0 Å². The van der Waals surface area contributed by atoms with E-state index in [0.717, 1.165) is 0 Å². The van der Waals surface area contributed by atoms with Gasteiger partial charge in [0.2, 0.25) is 5.91 Å². The van der Waals surface area contributed by atoms with E-state index in [1.807, 2.05) is 4.90 Å². The molecule has 10 heteroatoms. The Morgan fingerprint density at radius 3 is 2.38 bits per heavy atom. The van der Waals surface area contributed by atoms with Crippen LogP contribution in [0.1, 0.15) is 10.4 Å². The minimum absolute atomic E-state index is 0.0509.